The second-order valence-corrected chi connectivity index (χ2v) is 8.63. The quantitative estimate of drug-likeness (QED) is 0.814. The van der Waals surface area contributed by atoms with Gasteiger partial charge in [-0.05, 0) is 30.9 Å². The second-order valence-electron chi connectivity index (χ2n) is 6.72. The number of hydrogen-bond acceptors (Lipinski definition) is 3. The van der Waals surface area contributed by atoms with Gasteiger partial charge in [0.1, 0.15) is 10.7 Å². The number of benzene rings is 1. The van der Waals surface area contributed by atoms with E-state index in [9.17, 15) is 17.6 Å². The highest BCUT2D eigenvalue weighted by atomic mass is 32.2. The lowest BCUT2D eigenvalue weighted by atomic mass is 9.96. The third-order valence-electron chi connectivity index (χ3n) is 4.27. The van der Waals surface area contributed by atoms with E-state index in [0.717, 1.165) is 6.07 Å². The van der Waals surface area contributed by atoms with Crippen LogP contribution in [0, 0.1) is 17.7 Å². The van der Waals surface area contributed by atoms with Gasteiger partial charge in [-0.3, -0.25) is 4.79 Å². The van der Waals surface area contributed by atoms with Crippen LogP contribution in [0.1, 0.15) is 26.7 Å². The molecule has 7 heteroatoms. The number of piperidine rings is 1. The van der Waals surface area contributed by atoms with Crippen molar-refractivity contribution in [2.75, 3.05) is 26.7 Å². The predicted molar refractivity (Wildman–Crippen MR) is 90.4 cm³/mol. The lowest BCUT2D eigenvalue weighted by Crippen LogP contribution is -2.44. The second kappa shape index (κ2) is 7.61. The largest absolute Gasteiger partial charge is 0.345 e. The molecule has 0 saturated carbocycles. The molecule has 1 saturated heterocycles. The Morgan fingerprint density at radius 1 is 1.29 bits per heavy atom. The van der Waals surface area contributed by atoms with Crippen molar-refractivity contribution in [3.63, 3.8) is 0 Å². The molecule has 1 aliphatic rings. The Bertz CT molecular complexity index is 683. The zero-order valence-electron chi connectivity index (χ0n) is 14.4. The van der Waals surface area contributed by atoms with Crippen molar-refractivity contribution < 1.29 is 17.6 Å². The minimum atomic E-state index is -3.85. The van der Waals surface area contributed by atoms with Gasteiger partial charge in [0, 0.05) is 32.6 Å². The van der Waals surface area contributed by atoms with Gasteiger partial charge in [-0.15, -0.1) is 0 Å². The maximum atomic E-state index is 13.8. The molecule has 0 unspecified atom stereocenters. The fraction of sp³-hybridized carbons (Fsp3) is 0.588. The summed E-state index contributed by atoms with van der Waals surface area (Å²) in [6, 6.07) is 5.39. The smallest absolute Gasteiger partial charge is 0.245 e. The van der Waals surface area contributed by atoms with Crippen LogP contribution in [-0.4, -0.2) is 50.2 Å². The van der Waals surface area contributed by atoms with Crippen molar-refractivity contribution in [2.24, 2.45) is 11.8 Å². The molecule has 0 spiro atoms. The average Bonchev–Trinajstić information content (AvgIpc) is 2.54. The number of carbonyl (C=O) groups is 1. The summed E-state index contributed by atoms with van der Waals surface area (Å²) in [6.45, 7) is 5.26. The fourth-order valence-electron chi connectivity index (χ4n) is 3.09. The number of hydrogen-bond donors (Lipinski definition) is 0. The molecule has 1 aromatic carbocycles. The number of carbonyl (C=O) groups excluding carboxylic acids is 1. The van der Waals surface area contributed by atoms with Crippen LogP contribution >= 0.6 is 0 Å². The van der Waals surface area contributed by atoms with E-state index >= 15 is 0 Å². The van der Waals surface area contributed by atoms with Gasteiger partial charge in [-0.2, -0.15) is 4.31 Å². The van der Waals surface area contributed by atoms with E-state index in [2.05, 4.69) is 0 Å². The van der Waals surface area contributed by atoms with E-state index in [4.69, 9.17) is 0 Å². The highest BCUT2D eigenvalue weighted by Crippen LogP contribution is 2.26. The molecule has 1 aliphatic heterocycles. The molecule has 0 N–H and O–H groups in total. The average molecular weight is 356 g/mol. The van der Waals surface area contributed by atoms with Crippen molar-refractivity contribution >= 4 is 15.9 Å². The zero-order chi connectivity index (χ0) is 17.9. The lowest BCUT2D eigenvalue weighted by Gasteiger charge is -2.33. The molecule has 0 atom stereocenters. The van der Waals surface area contributed by atoms with Gasteiger partial charge in [-0.1, -0.05) is 26.0 Å². The summed E-state index contributed by atoms with van der Waals surface area (Å²) in [7, 11) is -2.07. The van der Waals surface area contributed by atoms with E-state index in [-0.39, 0.29) is 29.8 Å². The van der Waals surface area contributed by atoms with Crippen molar-refractivity contribution in [3.05, 3.63) is 30.1 Å². The first kappa shape index (κ1) is 18.9. The Morgan fingerprint density at radius 2 is 1.88 bits per heavy atom. The summed E-state index contributed by atoms with van der Waals surface area (Å²) in [5.74, 6) is -0.458. The van der Waals surface area contributed by atoms with Gasteiger partial charge in [0.2, 0.25) is 15.9 Å². The maximum Gasteiger partial charge on any atom is 0.245 e. The van der Waals surface area contributed by atoms with Crippen molar-refractivity contribution in [1.82, 2.24) is 9.21 Å². The van der Waals surface area contributed by atoms with Crippen LogP contribution in [0.15, 0.2) is 29.2 Å². The Balaban J connectivity index is 2.02. The predicted octanol–water partition coefficient (Wildman–Crippen LogP) is 2.34. The Kier molecular flexibility index (Phi) is 5.98. The first-order chi connectivity index (χ1) is 11.2. The molecule has 134 valence electrons. The van der Waals surface area contributed by atoms with Gasteiger partial charge in [-0.25, -0.2) is 12.8 Å². The molecular formula is C17H25FN2O3S. The molecule has 0 bridgehead atoms. The normalized spacial score (nSPS) is 17.2. The summed E-state index contributed by atoms with van der Waals surface area (Å²) >= 11 is 0. The van der Waals surface area contributed by atoms with Gasteiger partial charge in [0.25, 0.3) is 0 Å². The molecule has 0 aromatic heterocycles. The van der Waals surface area contributed by atoms with E-state index < -0.39 is 15.8 Å². The van der Waals surface area contributed by atoms with Crippen molar-refractivity contribution in [3.8, 4) is 0 Å². The van der Waals surface area contributed by atoms with Crippen LogP contribution in [0.25, 0.3) is 0 Å². The number of rotatable bonds is 5. The van der Waals surface area contributed by atoms with Crippen LogP contribution in [-0.2, 0) is 14.8 Å². The molecule has 24 heavy (non-hydrogen) atoms. The number of halogens is 1. The molecule has 1 amide bonds. The van der Waals surface area contributed by atoms with E-state index in [1.165, 1.54) is 22.5 Å². The molecular weight excluding hydrogens is 331 g/mol. The fourth-order valence-corrected chi connectivity index (χ4v) is 4.62. The van der Waals surface area contributed by atoms with Crippen LogP contribution in [0.4, 0.5) is 4.39 Å². The monoisotopic (exact) mass is 356 g/mol. The number of amides is 1. The van der Waals surface area contributed by atoms with Gasteiger partial charge in [0.15, 0.2) is 0 Å². The third kappa shape index (κ3) is 4.13. The summed E-state index contributed by atoms with van der Waals surface area (Å²) < 4.78 is 40.2. The maximum absolute atomic E-state index is 13.8. The SMILES string of the molecule is CC(C)CN(C)C(=O)C1CCN(S(=O)(=O)c2ccccc2F)CC1. The molecule has 1 heterocycles. The minimum Gasteiger partial charge on any atom is -0.345 e. The van der Waals surface area contributed by atoms with E-state index in [1.54, 1.807) is 11.9 Å². The Morgan fingerprint density at radius 3 is 2.42 bits per heavy atom. The summed E-state index contributed by atoms with van der Waals surface area (Å²) in [4.78, 5) is 13.8. The van der Waals surface area contributed by atoms with Crippen LogP contribution in [0.2, 0.25) is 0 Å². The lowest BCUT2D eigenvalue weighted by molar-refractivity contribution is -0.135. The molecule has 0 aliphatic carbocycles. The number of sulfonamides is 1. The van der Waals surface area contributed by atoms with Crippen molar-refractivity contribution in [1.29, 1.82) is 0 Å². The Labute approximate surface area is 143 Å². The number of nitrogens with zero attached hydrogens (tertiary/aromatic N) is 2. The van der Waals surface area contributed by atoms with Gasteiger partial charge in [0.05, 0.1) is 0 Å². The summed E-state index contributed by atoms with van der Waals surface area (Å²) in [5.41, 5.74) is 0. The van der Waals surface area contributed by atoms with Crippen LogP contribution in [0.5, 0.6) is 0 Å². The van der Waals surface area contributed by atoms with E-state index in [0.29, 0.717) is 25.3 Å². The molecule has 1 aromatic rings. The van der Waals surface area contributed by atoms with E-state index in [1.807, 2.05) is 13.8 Å². The molecule has 1 fully saturated rings. The minimum absolute atomic E-state index is 0.0617. The zero-order valence-corrected chi connectivity index (χ0v) is 15.2. The Hall–Kier alpha value is -1.47. The molecule has 2 rings (SSSR count). The molecule has 0 radical (unpaired) electrons. The highest BCUT2D eigenvalue weighted by molar-refractivity contribution is 7.89. The molecule has 5 nitrogen and oxygen atoms in total. The topological polar surface area (TPSA) is 57.7 Å². The van der Waals surface area contributed by atoms with Gasteiger partial charge >= 0.3 is 0 Å². The van der Waals surface area contributed by atoms with Crippen LogP contribution in [0.3, 0.4) is 0 Å². The highest BCUT2D eigenvalue weighted by Gasteiger charge is 2.34. The first-order valence-corrected chi connectivity index (χ1v) is 9.67. The standard InChI is InChI=1S/C17H25FN2O3S/c1-13(2)12-19(3)17(21)14-8-10-20(11-9-14)24(22,23)16-7-5-4-6-15(16)18/h4-7,13-14H,8-12H2,1-3H3. The van der Waals surface area contributed by atoms with Gasteiger partial charge < -0.3 is 4.90 Å². The van der Waals surface area contributed by atoms with Crippen molar-refractivity contribution in [2.45, 2.75) is 31.6 Å². The summed E-state index contributed by atoms with van der Waals surface area (Å²) in [6.07, 6.45) is 0.934. The summed E-state index contributed by atoms with van der Waals surface area (Å²) in [5, 5.41) is 0. The third-order valence-corrected chi connectivity index (χ3v) is 6.20. The first-order valence-electron chi connectivity index (χ1n) is 8.23. The van der Waals surface area contributed by atoms with Crippen LogP contribution < -0.4 is 0 Å².